The minimum absolute atomic E-state index is 0.248. The van der Waals surface area contributed by atoms with E-state index in [0.717, 1.165) is 25.7 Å². The van der Waals surface area contributed by atoms with Crippen LogP contribution in [-0.4, -0.2) is 17.3 Å². The van der Waals surface area contributed by atoms with Gasteiger partial charge in [-0.3, -0.25) is 0 Å². The lowest BCUT2D eigenvalue weighted by atomic mass is 10.0. The summed E-state index contributed by atoms with van der Waals surface area (Å²) in [4.78, 5) is 0. The number of hydrogen-bond acceptors (Lipinski definition) is 3. The molecule has 0 radical (unpaired) electrons. The van der Waals surface area contributed by atoms with Crippen molar-refractivity contribution < 1.29 is 14.2 Å². The van der Waals surface area contributed by atoms with Crippen LogP contribution in [0.1, 0.15) is 44.2 Å². The normalized spacial score (nSPS) is 19.8. The van der Waals surface area contributed by atoms with E-state index >= 15 is 0 Å². The van der Waals surface area contributed by atoms with Crippen LogP contribution in [0.25, 0.3) is 0 Å². The molecule has 3 nitrogen and oxygen atoms in total. The summed E-state index contributed by atoms with van der Waals surface area (Å²) in [5.74, 6) is 0.237. The van der Waals surface area contributed by atoms with E-state index in [9.17, 15) is 9.50 Å². The molecule has 1 aromatic rings. The highest BCUT2D eigenvalue weighted by Crippen LogP contribution is 2.31. The van der Waals surface area contributed by atoms with E-state index in [1.807, 2.05) is 0 Å². The quantitative estimate of drug-likeness (QED) is 0.867. The average molecular weight is 253 g/mol. The molecular weight excluding hydrogens is 233 g/mol. The number of benzene rings is 1. The van der Waals surface area contributed by atoms with Gasteiger partial charge in [0.25, 0.3) is 0 Å². The van der Waals surface area contributed by atoms with E-state index in [-0.39, 0.29) is 18.5 Å². The molecule has 100 valence electrons. The van der Waals surface area contributed by atoms with Gasteiger partial charge in [0, 0.05) is 11.6 Å². The summed E-state index contributed by atoms with van der Waals surface area (Å²) in [6.45, 7) is 2.03. The molecule has 0 aromatic heterocycles. The summed E-state index contributed by atoms with van der Waals surface area (Å²) in [6.07, 6.45) is 3.59. The molecule has 4 heteroatoms. The molecule has 0 heterocycles. The van der Waals surface area contributed by atoms with Gasteiger partial charge in [-0.1, -0.05) is 12.8 Å². The van der Waals surface area contributed by atoms with Gasteiger partial charge in [0.15, 0.2) is 0 Å². The van der Waals surface area contributed by atoms with Crippen LogP contribution in [0.3, 0.4) is 0 Å². The van der Waals surface area contributed by atoms with E-state index < -0.39 is 5.60 Å². The SMILES string of the molecule is C[C@H](N)c1cc(F)ccc1OCC1(O)CCCC1. The Bertz CT molecular complexity index is 414. The number of halogens is 1. The zero-order chi connectivity index (χ0) is 13.2. The van der Waals surface area contributed by atoms with Crippen molar-refractivity contribution in [3.63, 3.8) is 0 Å². The summed E-state index contributed by atoms with van der Waals surface area (Å²) in [7, 11) is 0. The van der Waals surface area contributed by atoms with Crippen molar-refractivity contribution in [2.24, 2.45) is 5.73 Å². The first kappa shape index (κ1) is 13.3. The highest BCUT2D eigenvalue weighted by molar-refractivity contribution is 5.36. The van der Waals surface area contributed by atoms with E-state index in [2.05, 4.69) is 0 Å². The number of rotatable bonds is 4. The lowest BCUT2D eigenvalue weighted by molar-refractivity contribution is 0.00104. The Kier molecular flexibility index (Phi) is 3.88. The van der Waals surface area contributed by atoms with Gasteiger partial charge in [-0.05, 0) is 38.0 Å². The Labute approximate surface area is 107 Å². The van der Waals surface area contributed by atoms with Gasteiger partial charge < -0.3 is 15.6 Å². The Morgan fingerprint density at radius 1 is 1.44 bits per heavy atom. The fraction of sp³-hybridized carbons (Fsp3) is 0.571. The van der Waals surface area contributed by atoms with Crippen LogP contribution in [0.4, 0.5) is 4.39 Å². The number of aliphatic hydroxyl groups is 1. The summed E-state index contributed by atoms with van der Waals surface area (Å²) < 4.78 is 18.8. The Morgan fingerprint density at radius 3 is 2.72 bits per heavy atom. The summed E-state index contributed by atoms with van der Waals surface area (Å²) in [5, 5.41) is 10.2. The first-order valence-electron chi connectivity index (χ1n) is 6.40. The van der Waals surface area contributed by atoms with Gasteiger partial charge >= 0.3 is 0 Å². The highest BCUT2D eigenvalue weighted by Gasteiger charge is 2.32. The first-order chi connectivity index (χ1) is 8.50. The van der Waals surface area contributed by atoms with Gasteiger partial charge in [-0.25, -0.2) is 4.39 Å². The van der Waals surface area contributed by atoms with Crippen molar-refractivity contribution in [2.45, 2.75) is 44.2 Å². The molecule has 18 heavy (non-hydrogen) atoms. The molecule has 0 amide bonds. The van der Waals surface area contributed by atoms with Crippen molar-refractivity contribution in [1.82, 2.24) is 0 Å². The minimum atomic E-state index is -0.733. The average Bonchev–Trinajstić information content (AvgIpc) is 2.75. The molecule has 1 aromatic carbocycles. The van der Waals surface area contributed by atoms with Crippen LogP contribution < -0.4 is 10.5 Å². The summed E-state index contributed by atoms with van der Waals surface area (Å²) in [5.41, 5.74) is 5.69. The van der Waals surface area contributed by atoms with E-state index in [0.29, 0.717) is 11.3 Å². The maximum atomic E-state index is 13.2. The molecule has 1 saturated carbocycles. The van der Waals surface area contributed by atoms with E-state index in [1.54, 1.807) is 13.0 Å². The minimum Gasteiger partial charge on any atom is -0.490 e. The molecule has 0 aliphatic heterocycles. The zero-order valence-electron chi connectivity index (χ0n) is 10.7. The Hall–Kier alpha value is -1.13. The topological polar surface area (TPSA) is 55.5 Å². The van der Waals surface area contributed by atoms with Crippen LogP contribution >= 0.6 is 0 Å². The van der Waals surface area contributed by atoms with Gasteiger partial charge in [-0.15, -0.1) is 0 Å². The standard InChI is InChI=1S/C14H20FNO2/c1-10(16)12-8-11(15)4-5-13(12)18-9-14(17)6-2-3-7-14/h4-5,8,10,17H,2-3,6-7,9,16H2,1H3/t10-/m0/s1. The van der Waals surface area contributed by atoms with Crippen molar-refractivity contribution in [2.75, 3.05) is 6.61 Å². The van der Waals surface area contributed by atoms with Crippen molar-refractivity contribution >= 4 is 0 Å². The molecule has 1 aliphatic carbocycles. The molecule has 0 unspecified atom stereocenters. The molecule has 0 saturated heterocycles. The van der Waals surface area contributed by atoms with Crippen LogP contribution in [0.15, 0.2) is 18.2 Å². The third kappa shape index (κ3) is 3.00. The lowest BCUT2D eigenvalue weighted by Gasteiger charge is -2.23. The third-order valence-electron chi connectivity index (χ3n) is 3.49. The predicted molar refractivity (Wildman–Crippen MR) is 67.9 cm³/mol. The van der Waals surface area contributed by atoms with E-state index in [1.165, 1.54) is 12.1 Å². The molecule has 1 aliphatic rings. The van der Waals surface area contributed by atoms with Gasteiger partial charge in [0.05, 0.1) is 5.60 Å². The molecule has 0 spiro atoms. The zero-order valence-corrected chi connectivity index (χ0v) is 10.7. The van der Waals surface area contributed by atoms with Crippen LogP contribution in [-0.2, 0) is 0 Å². The van der Waals surface area contributed by atoms with Crippen LogP contribution in [0.2, 0.25) is 0 Å². The fourth-order valence-corrected chi connectivity index (χ4v) is 2.40. The molecule has 3 N–H and O–H groups in total. The van der Waals surface area contributed by atoms with Crippen molar-refractivity contribution in [3.8, 4) is 5.75 Å². The van der Waals surface area contributed by atoms with E-state index in [4.69, 9.17) is 10.5 Å². The first-order valence-corrected chi connectivity index (χ1v) is 6.40. The Morgan fingerprint density at radius 2 is 2.11 bits per heavy atom. The van der Waals surface area contributed by atoms with Gasteiger partial charge in [-0.2, -0.15) is 0 Å². The predicted octanol–water partition coefficient (Wildman–Crippen LogP) is 2.53. The second-order valence-electron chi connectivity index (χ2n) is 5.19. The second kappa shape index (κ2) is 5.24. The molecule has 1 atom stereocenters. The highest BCUT2D eigenvalue weighted by atomic mass is 19.1. The Balaban J connectivity index is 2.09. The largest absolute Gasteiger partial charge is 0.490 e. The number of hydrogen-bond donors (Lipinski definition) is 2. The van der Waals surface area contributed by atoms with Gasteiger partial charge in [0.2, 0.25) is 0 Å². The molecule has 0 bridgehead atoms. The summed E-state index contributed by atoms with van der Waals surface area (Å²) >= 11 is 0. The maximum absolute atomic E-state index is 13.2. The smallest absolute Gasteiger partial charge is 0.124 e. The van der Waals surface area contributed by atoms with Crippen molar-refractivity contribution in [3.05, 3.63) is 29.6 Å². The summed E-state index contributed by atoms with van der Waals surface area (Å²) in [6, 6.07) is 4.01. The fourth-order valence-electron chi connectivity index (χ4n) is 2.40. The second-order valence-corrected chi connectivity index (χ2v) is 5.19. The molecule has 2 rings (SSSR count). The van der Waals surface area contributed by atoms with Crippen LogP contribution in [0, 0.1) is 5.82 Å². The maximum Gasteiger partial charge on any atom is 0.124 e. The third-order valence-corrected chi connectivity index (χ3v) is 3.49. The number of nitrogens with two attached hydrogens (primary N) is 1. The molecular formula is C14H20FNO2. The lowest BCUT2D eigenvalue weighted by Crippen LogP contribution is -2.32. The van der Waals surface area contributed by atoms with Crippen molar-refractivity contribution in [1.29, 1.82) is 0 Å². The van der Waals surface area contributed by atoms with Crippen LogP contribution in [0.5, 0.6) is 5.75 Å². The molecule has 1 fully saturated rings. The number of ether oxygens (including phenoxy) is 1. The monoisotopic (exact) mass is 253 g/mol. The van der Waals surface area contributed by atoms with Gasteiger partial charge in [0.1, 0.15) is 18.2 Å².